The van der Waals surface area contributed by atoms with Gasteiger partial charge in [-0.3, -0.25) is 4.72 Å². The molecule has 80 valence electrons. The fraction of sp³-hybridized carbons (Fsp3) is 0.143. The molecule has 6 nitrogen and oxygen atoms in total. The highest BCUT2D eigenvalue weighted by Crippen LogP contribution is 2.22. The number of hydrogen-bond acceptors (Lipinski definition) is 3. The molecule has 0 amide bonds. The van der Waals surface area contributed by atoms with E-state index in [4.69, 9.17) is 5.53 Å². The van der Waals surface area contributed by atoms with Gasteiger partial charge in [-0.05, 0) is 23.7 Å². The molecule has 8 heteroatoms. The fourth-order valence-corrected chi connectivity index (χ4v) is 1.47. The molecule has 0 spiro atoms. The fourth-order valence-electron chi connectivity index (χ4n) is 0.915. The van der Waals surface area contributed by atoms with Crippen LogP contribution in [0.4, 0.5) is 15.8 Å². The molecule has 0 fully saturated rings. The lowest BCUT2D eigenvalue weighted by molar-refractivity contribution is 0.606. The number of hydrogen-bond donors (Lipinski definition) is 1. The maximum Gasteiger partial charge on any atom is 0.229 e. The lowest BCUT2D eigenvalue weighted by Gasteiger charge is -2.04. The average Bonchev–Trinajstić information content (AvgIpc) is 2.09. The van der Waals surface area contributed by atoms with Gasteiger partial charge in [-0.15, -0.1) is 0 Å². The van der Waals surface area contributed by atoms with Gasteiger partial charge >= 0.3 is 0 Å². The van der Waals surface area contributed by atoms with Gasteiger partial charge in [0, 0.05) is 10.6 Å². The second-order valence-corrected chi connectivity index (χ2v) is 4.48. The van der Waals surface area contributed by atoms with Crippen LogP contribution in [0.3, 0.4) is 0 Å². The molecular formula is C7H7FN4O2S. The van der Waals surface area contributed by atoms with E-state index >= 15 is 0 Å². The monoisotopic (exact) mass is 230 g/mol. The van der Waals surface area contributed by atoms with Crippen molar-refractivity contribution >= 4 is 21.4 Å². The number of nitrogens with one attached hydrogen (secondary N) is 1. The summed E-state index contributed by atoms with van der Waals surface area (Å²) in [6.45, 7) is 0. The molecule has 0 unspecified atom stereocenters. The number of benzene rings is 1. The van der Waals surface area contributed by atoms with Crippen LogP contribution in [0, 0.1) is 5.82 Å². The first-order chi connectivity index (χ1) is 6.92. The minimum absolute atomic E-state index is 0.140. The minimum Gasteiger partial charge on any atom is -0.284 e. The van der Waals surface area contributed by atoms with E-state index in [0.29, 0.717) is 0 Å². The van der Waals surface area contributed by atoms with Crippen LogP contribution < -0.4 is 4.72 Å². The van der Waals surface area contributed by atoms with Crippen molar-refractivity contribution in [3.05, 3.63) is 34.5 Å². The number of azide groups is 1. The molecule has 0 saturated heterocycles. The van der Waals surface area contributed by atoms with Crippen LogP contribution >= 0.6 is 0 Å². The number of rotatable bonds is 3. The van der Waals surface area contributed by atoms with E-state index in [-0.39, 0.29) is 11.4 Å². The summed E-state index contributed by atoms with van der Waals surface area (Å²) in [6.07, 6.45) is 0.962. The van der Waals surface area contributed by atoms with E-state index < -0.39 is 15.8 Å². The van der Waals surface area contributed by atoms with E-state index in [1.54, 1.807) is 0 Å². The highest BCUT2D eigenvalue weighted by atomic mass is 32.2. The third-order valence-corrected chi connectivity index (χ3v) is 2.01. The maximum atomic E-state index is 12.9. The number of anilines is 1. The van der Waals surface area contributed by atoms with Crippen molar-refractivity contribution in [1.82, 2.24) is 0 Å². The van der Waals surface area contributed by atoms with Crippen molar-refractivity contribution in [3.8, 4) is 0 Å². The predicted molar refractivity (Wildman–Crippen MR) is 53.7 cm³/mol. The van der Waals surface area contributed by atoms with Crippen LogP contribution in [0.2, 0.25) is 0 Å². The van der Waals surface area contributed by atoms with Gasteiger partial charge in [-0.1, -0.05) is 5.11 Å². The Morgan fingerprint density at radius 2 is 2.20 bits per heavy atom. The summed E-state index contributed by atoms with van der Waals surface area (Å²) in [5, 5.41) is 3.07. The topological polar surface area (TPSA) is 94.9 Å². The first-order valence-electron chi connectivity index (χ1n) is 3.75. The molecule has 0 heterocycles. The van der Waals surface area contributed by atoms with Crippen molar-refractivity contribution in [3.63, 3.8) is 0 Å². The molecule has 0 aliphatic heterocycles. The molecule has 1 N–H and O–H groups in total. The van der Waals surface area contributed by atoms with Gasteiger partial charge in [-0.25, -0.2) is 12.8 Å². The largest absolute Gasteiger partial charge is 0.284 e. The molecule has 1 rings (SSSR count). The molecule has 0 radical (unpaired) electrons. The predicted octanol–water partition coefficient (Wildman–Crippen LogP) is 2.14. The molecule has 0 atom stereocenters. The number of sulfonamides is 1. The SMILES string of the molecule is CS(=O)(=O)Nc1ccc(F)c(N=[N+]=[N-])c1. The van der Waals surface area contributed by atoms with Crippen molar-refractivity contribution in [1.29, 1.82) is 0 Å². The summed E-state index contributed by atoms with van der Waals surface area (Å²) >= 11 is 0. The first-order valence-corrected chi connectivity index (χ1v) is 5.64. The Morgan fingerprint density at radius 3 is 2.73 bits per heavy atom. The molecule has 1 aromatic carbocycles. The minimum atomic E-state index is -3.43. The zero-order valence-electron chi connectivity index (χ0n) is 7.68. The van der Waals surface area contributed by atoms with Crippen LogP contribution in [0.15, 0.2) is 23.3 Å². The van der Waals surface area contributed by atoms with Crippen molar-refractivity contribution in [2.24, 2.45) is 5.11 Å². The second kappa shape index (κ2) is 4.16. The van der Waals surface area contributed by atoms with Crippen LogP contribution in [-0.4, -0.2) is 14.7 Å². The summed E-state index contributed by atoms with van der Waals surface area (Å²) < 4.78 is 36.8. The Labute approximate surface area is 85.4 Å². The zero-order valence-corrected chi connectivity index (χ0v) is 8.49. The molecular weight excluding hydrogens is 223 g/mol. The van der Waals surface area contributed by atoms with Gasteiger partial charge in [0.05, 0.1) is 11.9 Å². The molecule has 0 aliphatic rings. The lowest BCUT2D eigenvalue weighted by atomic mass is 10.3. The Bertz CT molecular complexity index is 522. The van der Waals surface area contributed by atoms with E-state index in [2.05, 4.69) is 14.7 Å². The van der Waals surface area contributed by atoms with E-state index in [9.17, 15) is 12.8 Å². The summed E-state index contributed by atoms with van der Waals surface area (Å²) in [7, 11) is -3.43. The standard InChI is InChI=1S/C7H7FN4O2S/c1-15(13,14)11-5-2-3-6(8)7(4-5)10-12-9/h2-4,11H,1H3. The van der Waals surface area contributed by atoms with Crippen molar-refractivity contribution in [2.45, 2.75) is 0 Å². The van der Waals surface area contributed by atoms with E-state index in [0.717, 1.165) is 18.4 Å². The van der Waals surface area contributed by atoms with Gasteiger partial charge in [0.2, 0.25) is 10.0 Å². The Hall–Kier alpha value is -1.79. The summed E-state index contributed by atoms with van der Waals surface area (Å²) in [4.78, 5) is 2.41. The van der Waals surface area contributed by atoms with Crippen LogP contribution in [0.25, 0.3) is 10.4 Å². The third kappa shape index (κ3) is 3.45. The van der Waals surface area contributed by atoms with Crippen molar-refractivity contribution in [2.75, 3.05) is 11.0 Å². The van der Waals surface area contributed by atoms with Crippen LogP contribution in [0.5, 0.6) is 0 Å². The smallest absolute Gasteiger partial charge is 0.229 e. The maximum absolute atomic E-state index is 12.9. The second-order valence-electron chi connectivity index (χ2n) is 2.73. The third-order valence-electron chi connectivity index (χ3n) is 1.40. The molecule has 0 aromatic heterocycles. The molecule has 15 heavy (non-hydrogen) atoms. The molecule has 0 aliphatic carbocycles. The highest BCUT2D eigenvalue weighted by Gasteiger charge is 2.05. The normalized spacial score (nSPS) is 10.5. The van der Waals surface area contributed by atoms with E-state index in [1.165, 1.54) is 6.07 Å². The first kappa shape index (κ1) is 11.3. The van der Waals surface area contributed by atoms with Gasteiger partial charge in [0.15, 0.2) is 0 Å². The lowest BCUT2D eigenvalue weighted by Crippen LogP contribution is -2.09. The van der Waals surface area contributed by atoms with Crippen LogP contribution in [-0.2, 0) is 10.0 Å². The van der Waals surface area contributed by atoms with Gasteiger partial charge in [-0.2, -0.15) is 0 Å². The molecule has 1 aromatic rings. The summed E-state index contributed by atoms with van der Waals surface area (Å²) in [5.41, 5.74) is 8.00. The van der Waals surface area contributed by atoms with Crippen LogP contribution in [0.1, 0.15) is 0 Å². The Balaban J connectivity index is 3.13. The summed E-state index contributed by atoms with van der Waals surface area (Å²) in [5.74, 6) is -0.716. The summed E-state index contributed by atoms with van der Waals surface area (Å²) in [6, 6.07) is 3.35. The van der Waals surface area contributed by atoms with Crippen molar-refractivity contribution < 1.29 is 12.8 Å². The highest BCUT2D eigenvalue weighted by molar-refractivity contribution is 7.92. The number of nitrogens with zero attached hydrogens (tertiary/aromatic N) is 3. The van der Waals surface area contributed by atoms with Gasteiger partial charge < -0.3 is 0 Å². The quantitative estimate of drug-likeness (QED) is 0.489. The van der Waals surface area contributed by atoms with E-state index in [1.807, 2.05) is 0 Å². The van der Waals surface area contributed by atoms with Gasteiger partial charge in [0.1, 0.15) is 5.82 Å². The Morgan fingerprint density at radius 1 is 1.53 bits per heavy atom. The molecule has 0 bridgehead atoms. The number of halogens is 1. The zero-order chi connectivity index (χ0) is 11.5. The average molecular weight is 230 g/mol. The Kier molecular flexibility index (Phi) is 3.13. The van der Waals surface area contributed by atoms with Gasteiger partial charge in [0.25, 0.3) is 0 Å². The molecule has 0 saturated carbocycles.